The van der Waals surface area contributed by atoms with E-state index in [9.17, 15) is 14.0 Å². The lowest BCUT2D eigenvalue weighted by Crippen LogP contribution is -2.25. The summed E-state index contributed by atoms with van der Waals surface area (Å²) in [6, 6.07) is 16.4. The number of carbonyl (C=O) groups is 1. The number of aromatic nitrogens is 2. The van der Waals surface area contributed by atoms with Gasteiger partial charge in [-0.2, -0.15) is 9.78 Å². The highest BCUT2D eigenvalue weighted by Gasteiger charge is 2.22. The fourth-order valence-electron chi connectivity index (χ4n) is 4.68. The van der Waals surface area contributed by atoms with Crippen LogP contribution in [0.15, 0.2) is 79.5 Å². The molecule has 1 fully saturated rings. The van der Waals surface area contributed by atoms with Crippen LogP contribution < -0.4 is 15.6 Å². The third-order valence-electron chi connectivity index (χ3n) is 6.55. The van der Waals surface area contributed by atoms with Crippen LogP contribution in [-0.4, -0.2) is 28.4 Å². The molecular formula is C29H25Br2FN4O3. The molecule has 0 aliphatic heterocycles. The van der Waals surface area contributed by atoms with Crippen molar-refractivity contribution in [2.75, 3.05) is 11.9 Å². The summed E-state index contributed by atoms with van der Waals surface area (Å²) < 4.78 is 22.2. The Morgan fingerprint density at radius 3 is 2.64 bits per heavy atom. The minimum Gasteiger partial charge on any atom is -0.483 e. The van der Waals surface area contributed by atoms with Gasteiger partial charge in [0.2, 0.25) is 0 Å². The predicted molar refractivity (Wildman–Crippen MR) is 157 cm³/mol. The Morgan fingerprint density at radius 1 is 1.08 bits per heavy atom. The first-order valence-corrected chi connectivity index (χ1v) is 14.2. The van der Waals surface area contributed by atoms with E-state index in [1.807, 2.05) is 12.1 Å². The van der Waals surface area contributed by atoms with Crippen LogP contribution in [-0.2, 0) is 4.79 Å². The second-order valence-electron chi connectivity index (χ2n) is 9.36. The Bertz CT molecular complexity index is 1620. The molecule has 7 nitrogen and oxygen atoms in total. The maximum atomic E-state index is 13.6. The number of benzene rings is 3. The number of rotatable bonds is 7. The number of amides is 1. The van der Waals surface area contributed by atoms with Gasteiger partial charge in [-0.3, -0.25) is 9.59 Å². The summed E-state index contributed by atoms with van der Waals surface area (Å²) in [5, 5.41) is 7.68. The van der Waals surface area contributed by atoms with Crippen LogP contribution in [0.5, 0.6) is 5.75 Å². The molecule has 1 aliphatic rings. The lowest BCUT2D eigenvalue weighted by Gasteiger charge is -2.22. The van der Waals surface area contributed by atoms with Crippen molar-refractivity contribution >= 4 is 60.6 Å². The van der Waals surface area contributed by atoms with Crippen molar-refractivity contribution in [2.24, 2.45) is 5.10 Å². The van der Waals surface area contributed by atoms with Crippen LogP contribution >= 0.6 is 31.9 Å². The summed E-state index contributed by atoms with van der Waals surface area (Å²) in [6.45, 7) is -0.294. The van der Waals surface area contributed by atoms with Crippen molar-refractivity contribution in [1.29, 1.82) is 0 Å². The lowest BCUT2D eigenvalue weighted by atomic mass is 9.88. The Balaban J connectivity index is 1.45. The maximum absolute atomic E-state index is 13.6. The third kappa shape index (κ3) is 6.62. The zero-order valence-corrected chi connectivity index (χ0v) is 24.0. The zero-order chi connectivity index (χ0) is 27.4. The minimum atomic E-state index is -0.446. The number of nitrogens with zero attached hydrogens (tertiary/aromatic N) is 3. The fraction of sp³-hybridized carbons (Fsp3) is 0.241. The van der Waals surface area contributed by atoms with Crippen molar-refractivity contribution in [2.45, 2.75) is 38.0 Å². The van der Waals surface area contributed by atoms with Crippen molar-refractivity contribution in [1.82, 2.24) is 9.66 Å². The van der Waals surface area contributed by atoms with Gasteiger partial charge >= 0.3 is 0 Å². The van der Waals surface area contributed by atoms with Gasteiger partial charge < -0.3 is 10.1 Å². The maximum Gasteiger partial charge on any atom is 0.282 e. The molecule has 4 aromatic rings. The molecule has 1 N–H and O–H groups in total. The average Bonchev–Trinajstić information content (AvgIpc) is 2.93. The van der Waals surface area contributed by atoms with Gasteiger partial charge in [0, 0.05) is 26.1 Å². The number of nitrogens with one attached hydrogen (secondary N) is 1. The number of halogens is 3. The highest BCUT2D eigenvalue weighted by Crippen LogP contribution is 2.32. The van der Waals surface area contributed by atoms with E-state index in [0.717, 1.165) is 34.6 Å². The Morgan fingerprint density at radius 2 is 1.85 bits per heavy atom. The van der Waals surface area contributed by atoms with Gasteiger partial charge in [0.15, 0.2) is 6.61 Å². The Kier molecular flexibility index (Phi) is 8.52. The molecule has 3 aromatic carbocycles. The molecule has 1 heterocycles. The molecule has 10 heteroatoms. The number of carbonyl (C=O) groups excluding carboxylic acids is 1. The van der Waals surface area contributed by atoms with E-state index in [-0.39, 0.29) is 18.1 Å². The Labute approximate surface area is 241 Å². The first-order chi connectivity index (χ1) is 18.9. The summed E-state index contributed by atoms with van der Waals surface area (Å²) >= 11 is 6.91. The van der Waals surface area contributed by atoms with Crippen molar-refractivity contribution < 1.29 is 13.9 Å². The molecular weight excluding hydrogens is 631 g/mol. The van der Waals surface area contributed by atoms with Crippen LogP contribution in [0, 0.1) is 5.82 Å². The summed E-state index contributed by atoms with van der Waals surface area (Å²) in [7, 11) is 0. The molecule has 0 unspecified atom stereocenters. The van der Waals surface area contributed by atoms with Crippen molar-refractivity contribution in [3.8, 4) is 5.75 Å². The van der Waals surface area contributed by atoms with E-state index < -0.39 is 11.7 Å². The topological polar surface area (TPSA) is 85.6 Å². The number of ether oxygens (including phenoxy) is 1. The molecule has 1 amide bonds. The second-order valence-corrected chi connectivity index (χ2v) is 11.2. The second kappa shape index (κ2) is 12.2. The monoisotopic (exact) mass is 654 g/mol. The lowest BCUT2D eigenvalue weighted by molar-refractivity contribution is -0.118. The molecule has 39 heavy (non-hydrogen) atoms. The van der Waals surface area contributed by atoms with Gasteiger partial charge in [0.05, 0.1) is 17.1 Å². The van der Waals surface area contributed by atoms with Crippen LogP contribution in [0.3, 0.4) is 0 Å². The summed E-state index contributed by atoms with van der Waals surface area (Å²) in [5.74, 6) is 0.309. The molecule has 0 saturated heterocycles. The van der Waals surface area contributed by atoms with Crippen molar-refractivity contribution in [3.63, 3.8) is 0 Å². The molecule has 200 valence electrons. The molecule has 0 radical (unpaired) electrons. The highest BCUT2D eigenvalue weighted by atomic mass is 79.9. The molecule has 0 atom stereocenters. The van der Waals surface area contributed by atoms with E-state index >= 15 is 0 Å². The Hall–Kier alpha value is -3.37. The molecule has 0 spiro atoms. The van der Waals surface area contributed by atoms with E-state index in [4.69, 9.17) is 9.72 Å². The molecule has 1 saturated carbocycles. The number of anilines is 1. The van der Waals surface area contributed by atoms with E-state index in [1.54, 1.807) is 36.5 Å². The van der Waals surface area contributed by atoms with E-state index in [1.165, 1.54) is 29.3 Å². The van der Waals surface area contributed by atoms with Crippen LogP contribution in [0.4, 0.5) is 10.1 Å². The van der Waals surface area contributed by atoms with Gasteiger partial charge in [-0.15, -0.1) is 0 Å². The first-order valence-electron chi connectivity index (χ1n) is 12.6. The zero-order valence-electron chi connectivity index (χ0n) is 20.9. The summed E-state index contributed by atoms with van der Waals surface area (Å²) in [5.41, 5.74) is 1.31. The normalized spacial score (nSPS) is 14.1. The van der Waals surface area contributed by atoms with Crippen LogP contribution in [0.25, 0.3) is 10.9 Å². The van der Waals surface area contributed by atoms with Crippen LogP contribution in [0.1, 0.15) is 49.4 Å². The van der Waals surface area contributed by atoms with Gasteiger partial charge in [-0.1, -0.05) is 57.2 Å². The third-order valence-corrected chi connectivity index (χ3v) is 7.54. The number of fused-ring (bicyclic) bond motifs is 1. The van der Waals surface area contributed by atoms with E-state index in [0.29, 0.717) is 33.7 Å². The average molecular weight is 656 g/mol. The van der Waals surface area contributed by atoms with Gasteiger partial charge in [0.1, 0.15) is 17.4 Å². The predicted octanol–water partition coefficient (Wildman–Crippen LogP) is 7.01. The quantitative estimate of drug-likeness (QED) is 0.217. The fourth-order valence-corrected chi connectivity index (χ4v) is 5.42. The van der Waals surface area contributed by atoms with Gasteiger partial charge in [0.25, 0.3) is 11.5 Å². The molecule has 0 bridgehead atoms. The summed E-state index contributed by atoms with van der Waals surface area (Å²) in [4.78, 5) is 30.9. The van der Waals surface area contributed by atoms with Gasteiger partial charge in [-0.05, 0) is 67.4 Å². The standard InChI is InChI=1S/C29H25Br2FN4O3/c30-20-10-12-26(39-17-27(37)34-23-8-4-7-22(32)15-23)19(13-20)16-33-36-28(18-5-2-1-3-6-18)35-25-11-9-21(31)14-24(25)29(36)38/h4,7-16,18H,1-3,5-6,17H2,(H,34,37). The molecule has 5 rings (SSSR count). The van der Waals surface area contributed by atoms with Crippen LogP contribution in [0.2, 0.25) is 0 Å². The van der Waals surface area contributed by atoms with Gasteiger partial charge in [-0.25, -0.2) is 9.37 Å². The summed E-state index contributed by atoms with van der Waals surface area (Å²) in [6.07, 6.45) is 6.80. The highest BCUT2D eigenvalue weighted by molar-refractivity contribution is 9.10. The largest absolute Gasteiger partial charge is 0.483 e. The number of hydrogen-bond acceptors (Lipinski definition) is 5. The minimum absolute atomic E-state index is 0.140. The van der Waals surface area contributed by atoms with E-state index in [2.05, 4.69) is 42.3 Å². The SMILES string of the molecule is O=C(COc1ccc(Br)cc1C=Nn1c(C2CCCCC2)nc2ccc(Br)cc2c1=O)Nc1cccc(F)c1. The molecule has 1 aromatic heterocycles. The van der Waals surface area contributed by atoms with Crippen molar-refractivity contribution in [3.05, 3.63) is 97.2 Å². The molecule has 1 aliphatic carbocycles. The first kappa shape index (κ1) is 27.2. The number of hydrogen-bond donors (Lipinski definition) is 1. The smallest absolute Gasteiger partial charge is 0.282 e.